The first-order chi connectivity index (χ1) is 10.6. The van der Waals surface area contributed by atoms with E-state index in [1.165, 1.54) is 5.56 Å². The van der Waals surface area contributed by atoms with E-state index in [-0.39, 0.29) is 24.2 Å². The molecule has 2 aliphatic rings. The Morgan fingerprint density at radius 2 is 1.83 bits per heavy atom. The molecule has 1 aromatic carbocycles. The monoisotopic (exact) mass is 340 g/mol. The average molecular weight is 341 g/mol. The number of methoxy groups -OCH3 is 2. The van der Waals surface area contributed by atoms with Crippen LogP contribution in [0.2, 0.25) is 0 Å². The third-order valence-corrected chi connectivity index (χ3v) is 4.94. The maximum Gasteiger partial charge on any atom is 0.226 e. The normalized spacial score (nSPS) is 18.3. The van der Waals surface area contributed by atoms with Crippen molar-refractivity contribution in [2.75, 3.05) is 33.9 Å². The van der Waals surface area contributed by atoms with E-state index in [9.17, 15) is 4.79 Å². The van der Waals surface area contributed by atoms with Crippen LogP contribution in [-0.4, -0.2) is 44.7 Å². The predicted octanol–water partition coefficient (Wildman–Crippen LogP) is 1.87. The van der Waals surface area contributed by atoms with Gasteiger partial charge in [0.15, 0.2) is 11.5 Å². The molecule has 1 aromatic rings. The fourth-order valence-electron chi connectivity index (χ4n) is 3.23. The van der Waals surface area contributed by atoms with Crippen LogP contribution in [0, 0.1) is 11.8 Å². The molecule has 0 spiro atoms. The van der Waals surface area contributed by atoms with Crippen LogP contribution < -0.4 is 14.8 Å². The number of ether oxygens (including phenoxy) is 2. The summed E-state index contributed by atoms with van der Waals surface area (Å²) in [6.45, 7) is 5.42. The smallest absolute Gasteiger partial charge is 0.226 e. The van der Waals surface area contributed by atoms with Gasteiger partial charge in [-0.2, -0.15) is 0 Å². The third kappa shape index (κ3) is 3.40. The quantitative estimate of drug-likeness (QED) is 0.909. The Kier molecular flexibility index (Phi) is 5.76. The summed E-state index contributed by atoms with van der Waals surface area (Å²) in [6.07, 6.45) is 0.872. The summed E-state index contributed by atoms with van der Waals surface area (Å²) in [5.74, 6) is 2.34. The zero-order valence-electron chi connectivity index (χ0n) is 13.9. The molecule has 1 saturated heterocycles. The Labute approximate surface area is 143 Å². The van der Waals surface area contributed by atoms with Crippen LogP contribution in [0.5, 0.6) is 11.5 Å². The number of nitrogens with zero attached hydrogens (tertiary/aromatic N) is 1. The van der Waals surface area contributed by atoms with Crippen molar-refractivity contribution in [2.24, 2.45) is 11.8 Å². The maximum atomic E-state index is 12.7. The van der Waals surface area contributed by atoms with Crippen molar-refractivity contribution in [1.82, 2.24) is 10.2 Å². The Bertz CT molecular complexity index is 575. The highest BCUT2D eigenvalue weighted by Crippen LogP contribution is 2.33. The molecule has 1 unspecified atom stereocenters. The topological polar surface area (TPSA) is 50.8 Å². The van der Waals surface area contributed by atoms with E-state index in [0.29, 0.717) is 12.5 Å². The van der Waals surface area contributed by atoms with E-state index in [4.69, 9.17) is 9.47 Å². The van der Waals surface area contributed by atoms with Gasteiger partial charge in [0.1, 0.15) is 0 Å². The number of carbonyl (C=O) groups excluding carboxylic acids is 1. The molecule has 2 heterocycles. The van der Waals surface area contributed by atoms with Crippen molar-refractivity contribution < 1.29 is 14.3 Å². The summed E-state index contributed by atoms with van der Waals surface area (Å²) < 4.78 is 10.7. The Balaban J connectivity index is 0.00000192. The third-order valence-electron chi connectivity index (χ3n) is 4.94. The van der Waals surface area contributed by atoms with E-state index in [1.54, 1.807) is 14.2 Å². The van der Waals surface area contributed by atoms with Gasteiger partial charge in [-0.1, -0.05) is 6.92 Å². The number of rotatable bonds is 4. The van der Waals surface area contributed by atoms with Crippen molar-refractivity contribution in [1.29, 1.82) is 0 Å². The number of hydrogen-bond acceptors (Lipinski definition) is 4. The summed E-state index contributed by atoms with van der Waals surface area (Å²) in [7, 11) is 3.29. The lowest BCUT2D eigenvalue weighted by atomic mass is 9.87. The summed E-state index contributed by atoms with van der Waals surface area (Å²) in [4.78, 5) is 14.6. The molecule has 0 saturated carbocycles. The summed E-state index contributed by atoms with van der Waals surface area (Å²) in [6, 6.07) is 4.04. The SMILES string of the molecule is COc1cc2c(cc1OC)CN(C(=O)C(C)C1CNC1)CC2.Cl. The van der Waals surface area contributed by atoms with E-state index in [1.807, 2.05) is 17.0 Å². The number of carbonyl (C=O) groups is 1. The van der Waals surface area contributed by atoms with Gasteiger partial charge in [-0.3, -0.25) is 4.79 Å². The fraction of sp³-hybridized carbons (Fsp3) is 0.588. The second kappa shape index (κ2) is 7.41. The summed E-state index contributed by atoms with van der Waals surface area (Å²) in [5.41, 5.74) is 2.41. The Morgan fingerprint density at radius 3 is 2.35 bits per heavy atom. The molecule has 23 heavy (non-hydrogen) atoms. The van der Waals surface area contributed by atoms with Crippen molar-refractivity contribution in [3.63, 3.8) is 0 Å². The van der Waals surface area contributed by atoms with Crippen molar-refractivity contribution >= 4 is 18.3 Å². The molecule has 0 bridgehead atoms. The zero-order chi connectivity index (χ0) is 15.7. The van der Waals surface area contributed by atoms with Crippen LogP contribution in [0.3, 0.4) is 0 Å². The number of hydrogen-bond donors (Lipinski definition) is 1. The molecule has 0 aliphatic carbocycles. The van der Waals surface area contributed by atoms with Crippen molar-refractivity contribution in [2.45, 2.75) is 19.9 Å². The van der Waals surface area contributed by atoms with Gasteiger partial charge in [0.25, 0.3) is 0 Å². The number of amides is 1. The van der Waals surface area contributed by atoms with E-state index >= 15 is 0 Å². The predicted molar refractivity (Wildman–Crippen MR) is 91.4 cm³/mol. The van der Waals surface area contributed by atoms with Crippen LogP contribution >= 0.6 is 12.4 Å². The number of benzene rings is 1. The van der Waals surface area contributed by atoms with Crippen LogP contribution in [0.1, 0.15) is 18.1 Å². The summed E-state index contributed by atoms with van der Waals surface area (Å²) in [5, 5.41) is 3.24. The molecular weight excluding hydrogens is 316 g/mol. The minimum absolute atomic E-state index is 0. The van der Waals surface area contributed by atoms with Gasteiger partial charge in [-0.25, -0.2) is 0 Å². The maximum absolute atomic E-state index is 12.7. The van der Waals surface area contributed by atoms with Crippen LogP contribution in [0.15, 0.2) is 12.1 Å². The molecule has 1 fully saturated rings. The van der Waals surface area contributed by atoms with Gasteiger partial charge in [0.05, 0.1) is 14.2 Å². The molecule has 1 N–H and O–H groups in total. The molecule has 128 valence electrons. The highest BCUT2D eigenvalue weighted by molar-refractivity contribution is 5.85. The first-order valence-electron chi connectivity index (χ1n) is 7.87. The van der Waals surface area contributed by atoms with Gasteiger partial charge in [-0.15, -0.1) is 12.4 Å². The highest BCUT2D eigenvalue weighted by atomic mass is 35.5. The Morgan fingerprint density at radius 1 is 1.22 bits per heavy atom. The van der Waals surface area contributed by atoms with E-state index < -0.39 is 0 Å². The first kappa shape index (κ1) is 17.9. The standard InChI is InChI=1S/C17H24N2O3.ClH/c1-11(14-8-18-9-14)17(20)19-5-4-12-6-15(21-2)16(22-3)7-13(12)10-19;/h6-7,11,14,18H,4-5,8-10H2,1-3H3;1H. The number of fused-ring (bicyclic) bond motifs is 1. The largest absolute Gasteiger partial charge is 0.493 e. The van der Waals surface area contributed by atoms with Gasteiger partial charge >= 0.3 is 0 Å². The van der Waals surface area contributed by atoms with E-state index in [0.717, 1.165) is 43.1 Å². The van der Waals surface area contributed by atoms with Crippen LogP contribution in [-0.2, 0) is 17.8 Å². The minimum Gasteiger partial charge on any atom is -0.493 e. The molecule has 0 radical (unpaired) electrons. The average Bonchev–Trinajstić information content (AvgIpc) is 2.50. The minimum atomic E-state index is 0. The molecule has 5 nitrogen and oxygen atoms in total. The molecule has 0 aromatic heterocycles. The molecule has 2 aliphatic heterocycles. The van der Waals surface area contributed by atoms with Crippen molar-refractivity contribution in [3.05, 3.63) is 23.3 Å². The first-order valence-corrected chi connectivity index (χ1v) is 7.87. The lowest BCUT2D eigenvalue weighted by molar-refractivity contribution is -0.138. The molecule has 6 heteroatoms. The van der Waals surface area contributed by atoms with Crippen LogP contribution in [0.25, 0.3) is 0 Å². The molecule has 1 amide bonds. The van der Waals surface area contributed by atoms with Gasteiger partial charge < -0.3 is 19.7 Å². The highest BCUT2D eigenvalue weighted by Gasteiger charge is 2.33. The Hall–Kier alpha value is -1.46. The number of nitrogens with one attached hydrogen (secondary N) is 1. The van der Waals surface area contributed by atoms with E-state index in [2.05, 4.69) is 12.2 Å². The van der Waals surface area contributed by atoms with Gasteiger partial charge in [0, 0.05) is 19.0 Å². The number of halogens is 1. The second-order valence-electron chi connectivity index (χ2n) is 6.19. The molecule has 1 atom stereocenters. The lowest BCUT2D eigenvalue weighted by Gasteiger charge is -2.37. The zero-order valence-corrected chi connectivity index (χ0v) is 14.7. The van der Waals surface area contributed by atoms with Gasteiger partial charge in [-0.05, 0) is 48.7 Å². The fourth-order valence-corrected chi connectivity index (χ4v) is 3.23. The lowest BCUT2D eigenvalue weighted by Crippen LogP contribution is -2.51. The van der Waals surface area contributed by atoms with Crippen molar-refractivity contribution in [3.8, 4) is 11.5 Å². The molecule has 3 rings (SSSR count). The molecular formula is C17H25ClN2O3. The summed E-state index contributed by atoms with van der Waals surface area (Å²) >= 11 is 0. The van der Waals surface area contributed by atoms with Gasteiger partial charge in [0.2, 0.25) is 5.91 Å². The second-order valence-corrected chi connectivity index (χ2v) is 6.19. The van der Waals surface area contributed by atoms with Crippen LogP contribution in [0.4, 0.5) is 0 Å².